The minimum atomic E-state index is -1.44. The third-order valence-corrected chi connectivity index (χ3v) is 111. The van der Waals surface area contributed by atoms with Gasteiger partial charge in [-0.25, -0.2) is 0 Å². The molecule has 0 aromatic carbocycles. The summed E-state index contributed by atoms with van der Waals surface area (Å²) in [4.78, 5) is 0. The van der Waals surface area contributed by atoms with Crippen LogP contribution in [-0.2, 0) is 0 Å². The predicted molar refractivity (Wildman–Crippen MR) is 491 cm³/mol. The molecule has 0 aliphatic rings. The van der Waals surface area contributed by atoms with Crippen molar-refractivity contribution in [3.8, 4) is 0 Å². The van der Waals surface area contributed by atoms with E-state index in [0.29, 0.717) is 0 Å². The molecule has 0 radical (unpaired) electrons. The Labute approximate surface area is 814 Å². The van der Waals surface area contributed by atoms with Crippen LogP contribution in [0.5, 0.6) is 0 Å². The Balaban J connectivity index is 8.13. The van der Waals surface area contributed by atoms with E-state index in [1.54, 1.807) is 0 Å². The normalized spacial score (nSPS) is 17.6. The van der Waals surface area contributed by atoms with Gasteiger partial charge < -0.3 is 0 Å². The highest BCUT2D eigenvalue weighted by Crippen LogP contribution is 2.86. The average Bonchev–Trinajstić information content (AvgIpc) is 3.11. The minimum absolute atomic E-state index is 0.940. The van der Waals surface area contributed by atoms with Crippen LogP contribution in [0, 0.1) is 0 Å². The van der Waals surface area contributed by atoms with Crippen LogP contribution >= 0.6 is 765 Å². The summed E-state index contributed by atoms with van der Waals surface area (Å²) in [6.45, 7) is 0. The summed E-state index contributed by atoms with van der Waals surface area (Å²) in [6.07, 6.45) is 0. The van der Waals surface area contributed by atoms with Crippen LogP contribution < -0.4 is 0 Å². The van der Waals surface area contributed by atoms with Gasteiger partial charge in [0.2, 0.25) is 0 Å². The standard InChI is InChI=1S/C23Br48/c24-1(25,2(26,27)4(30,31)6(34,35)8(38,39)10(42,43)12(46,47)14(50,51)16(54,55)18(58,59)20(62,63)22(66,67)68)3(28,29)5(32,33)7(36,37)9(40,41)11(44,45)13(48,49)15(52,53)17(56,57)19(60,61)21(64,65)23(69,70)71. The van der Waals surface area contributed by atoms with Crippen molar-refractivity contribution < 1.29 is 0 Å². The highest BCUT2D eigenvalue weighted by atomic mass is 80.0. The fraction of sp³-hybridized carbons (Fsp3) is 1.00. The Morgan fingerprint density at radius 3 is 0.155 bits per heavy atom. The third kappa shape index (κ3) is 15.8. The fourth-order valence-corrected chi connectivity index (χ4v) is 53.1. The molecular weight excluding hydrogens is 4110 g/mol. The van der Waals surface area contributed by atoms with Crippen LogP contribution in [0.25, 0.3) is 0 Å². The van der Waals surface area contributed by atoms with E-state index in [1.165, 1.54) is 0 Å². The molecule has 0 aromatic heterocycles. The second kappa shape index (κ2) is 30.4. The summed E-state index contributed by atoms with van der Waals surface area (Å²) >= 11 is 191. The highest BCUT2D eigenvalue weighted by molar-refractivity contribution is 9.44. The van der Waals surface area contributed by atoms with E-state index in [-0.39, 0.29) is 0 Å². The van der Waals surface area contributed by atoms with Crippen LogP contribution in [0.15, 0.2) is 0 Å². The maximum atomic E-state index is 4.09. The van der Waals surface area contributed by atoms with Crippen molar-refractivity contribution in [1.29, 1.82) is 0 Å². The SMILES string of the molecule is BrC(Br)(Br)C(Br)(Br)C(Br)(Br)C(Br)(Br)C(Br)(Br)C(Br)(Br)C(Br)(Br)C(Br)(Br)C(Br)(Br)C(Br)(Br)C(Br)(Br)C(Br)(Br)C(Br)(Br)C(Br)(Br)C(Br)(Br)C(Br)(Br)C(Br)(Br)C(Br)(Br)C(Br)(Br)C(Br)(Br)C(Br)(Br)C(Br)(Br)C(Br)(Br)Br. The van der Waals surface area contributed by atoms with Crippen molar-refractivity contribution in [2.45, 2.75) is 72.2 Å². The lowest BCUT2D eigenvalue weighted by Crippen LogP contribution is -2.74. The summed E-state index contributed by atoms with van der Waals surface area (Å²) in [6, 6.07) is 0. The lowest BCUT2D eigenvalue weighted by Gasteiger charge is -2.63. The molecular formula is C23Br48. The molecule has 0 saturated heterocycles. The van der Waals surface area contributed by atoms with Gasteiger partial charge in [0.1, 0.15) is 67.9 Å². The molecule has 0 bridgehead atoms. The van der Waals surface area contributed by atoms with E-state index < -0.39 is 72.2 Å². The van der Waals surface area contributed by atoms with Crippen molar-refractivity contribution in [3.05, 3.63) is 0 Å². The topological polar surface area (TPSA) is 0 Å². The molecule has 0 aromatic rings. The van der Waals surface area contributed by atoms with E-state index in [9.17, 15) is 0 Å². The van der Waals surface area contributed by atoms with Gasteiger partial charge in [-0.1, -0.05) is 765 Å². The smallest absolute Gasteiger partial charge is 0.0675 e. The molecule has 0 rings (SSSR count). The van der Waals surface area contributed by atoms with Gasteiger partial charge in [-0.2, -0.15) is 0 Å². The second-order valence-electron chi connectivity index (χ2n) is 13.1. The maximum Gasteiger partial charge on any atom is 0.162 e. The molecule has 0 aliphatic carbocycles. The molecule has 0 atom stereocenters. The van der Waals surface area contributed by atoms with E-state index in [1.807, 2.05) is 0 Å². The monoisotopic (exact) mass is 4060 g/mol. The Morgan fingerprint density at radius 2 is 0.113 bits per heavy atom. The first kappa shape index (κ1) is 94.0. The van der Waals surface area contributed by atoms with Gasteiger partial charge in [-0.3, -0.25) is 0 Å². The number of halogens is 48. The lowest BCUT2D eigenvalue weighted by atomic mass is 10.0. The molecule has 0 fully saturated rings. The summed E-state index contributed by atoms with van der Waals surface area (Å²) in [5.74, 6) is 0. The highest BCUT2D eigenvalue weighted by Gasteiger charge is 2.86. The van der Waals surface area contributed by atoms with Gasteiger partial charge >= 0.3 is 0 Å². The third-order valence-electron chi connectivity index (χ3n) is 8.60. The van der Waals surface area contributed by atoms with Gasteiger partial charge in [0, 0.05) is 0 Å². The van der Waals surface area contributed by atoms with E-state index in [4.69, 9.17) is 0 Å². The zero-order valence-corrected chi connectivity index (χ0v) is 106. The number of alkyl halides is 48. The average molecular weight is 4110 g/mol. The Morgan fingerprint density at radius 1 is 0.0704 bits per heavy atom. The first-order valence-corrected chi connectivity index (χ1v) is 52.6. The zero-order valence-electron chi connectivity index (χ0n) is 29.6. The Hall–Kier alpha value is 23.0. The molecule has 0 spiro atoms. The predicted octanol–water partition coefficient (Wildman–Crippen LogP) is 35.9. The van der Waals surface area contributed by atoms with Crippen LogP contribution in [0.2, 0.25) is 0 Å². The van der Waals surface area contributed by atoms with Gasteiger partial charge in [-0.15, -0.1) is 0 Å². The van der Waals surface area contributed by atoms with Crippen LogP contribution in [0.4, 0.5) is 0 Å². The van der Waals surface area contributed by atoms with Crippen LogP contribution in [-0.4, -0.2) is 72.2 Å². The Bertz CT molecular complexity index is 1790. The van der Waals surface area contributed by atoms with E-state index >= 15 is 0 Å². The molecule has 0 nitrogen and oxygen atoms in total. The van der Waals surface area contributed by atoms with Crippen LogP contribution in [0.3, 0.4) is 0 Å². The first-order chi connectivity index (χ1) is 29.5. The van der Waals surface area contributed by atoms with Crippen molar-refractivity contribution in [2.75, 3.05) is 0 Å². The van der Waals surface area contributed by atoms with E-state index in [2.05, 4.69) is 765 Å². The second-order valence-corrected chi connectivity index (χ2v) is 98.9. The molecule has 0 amide bonds. The van der Waals surface area contributed by atoms with Gasteiger partial charge in [0.15, 0.2) is 4.29 Å². The van der Waals surface area contributed by atoms with Gasteiger partial charge in [0.05, 0.1) is 0 Å². The molecule has 0 unspecified atom stereocenters. The van der Waals surface area contributed by atoms with E-state index in [0.717, 1.165) is 0 Å². The molecule has 48 heteroatoms. The molecule has 0 aliphatic heterocycles. The molecule has 0 saturated carbocycles. The minimum Gasteiger partial charge on any atom is -0.0675 e. The fourth-order valence-electron chi connectivity index (χ4n) is 4.10. The summed E-state index contributed by atoms with van der Waals surface area (Å²) in [5, 5.41) is 0. The van der Waals surface area contributed by atoms with Gasteiger partial charge in [0.25, 0.3) is 0 Å². The lowest BCUT2D eigenvalue weighted by molar-refractivity contribution is 0.512. The van der Waals surface area contributed by atoms with Crippen molar-refractivity contribution >= 4 is 765 Å². The summed E-state index contributed by atoms with van der Waals surface area (Å²) in [5.41, 5.74) is 0. The molecule has 428 valence electrons. The first-order valence-electron chi connectivity index (χ1n) is 14.6. The number of rotatable bonds is 20. The van der Waals surface area contributed by atoms with Crippen LogP contribution in [0.1, 0.15) is 0 Å². The molecule has 0 heterocycles. The van der Waals surface area contributed by atoms with Crippen molar-refractivity contribution in [2.24, 2.45) is 0 Å². The number of hydrogen-bond acceptors (Lipinski definition) is 0. The van der Waals surface area contributed by atoms with Crippen molar-refractivity contribution in [3.63, 3.8) is 0 Å². The molecule has 0 N–H and O–H groups in total. The zero-order chi connectivity index (χ0) is 59.5. The molecule has 71 heavy (non-hydrogen) atoms. The maximum absolute atomic E-state index is 4.09. The van der Waals surface area contributed by atoms with Gasteiger partial charge in [-0.05, 0) is 0 Å². The number of hydrogen-bond donors (Lipinski definition) is 0. The van der Waals surface area contributed by atoms with Crippen molar-refractivity contribution in [1.82, 2.24) is 0 Å². The quantitative estimate of drug-likeness (QED) is 0.107. The summed E-state index contributed by atoms with van der Waals surface area (Å²) in [7, 11) is 0. The Kier molecular flexibility index (Phi) is 40.3. The summed E-state index contributed by atoms with van der Waals surface area (Å²) < 4.78 is -29.8. The largest absolute Gasteiger partial charge is 0.162 e.